The number of alkyl halides is 3. The van der Waals surface area contributed by atoms with Crippen molar-refractivity contribution >= 4 is 40.8 Å². The van der Waals surface area contributed by atoms with Crippen molar-refractivity contribution in [3.63, 3.8) is 0 Å². The van der Waals surface area contributed by atoms with Crippen molar-refractivity contribution in [2.24, 2.45) is 0 Å². The highest BCUT2D eigenvalue weighted by molar-refractivity contribution is 6.56. The molecule has 2 nitrogen and oxygen atoms in total. The zero-order valence-corrected chi connectivity index (χ0v) is 7.76. The van der Waals surface area contributed by atoms with Crippen LogP contribution in [0.2, 0.25) is 0 Å². The lowest BCUT2D eigenvalue weighted by molar-refractivity contribution is -0.139. The molecule has 0 bridgehead atoms. The molecule has 60 valence electrons. The molecular formula is C5H7Cl3O2. The van der Waals surface area contributed by atoms with Gasteiger partial charge in [0.1, 0.15) is 4.33 Å². The summed E-state index contributed by atoms with van der Waals surface area (Å²) in [5.74, 6) is -1.23. The summed E-state index contributed by atoms with van der Waals surface area (Å²) >= 11 is 16.4. The summed E-state index contributed by atoms with van der Waals surface area (Å²) in [5.41, 5.74) is 0. The molecule has 0 aliphatic rings. The number of carboxylic acid groups (broad SMARTS) is 1. The van der Waals surface area contributed by atoms with Crippen LogP contribution in [0.25, 0.3) is 0 Å². The van der Waals surface area contributed by atoms with Crippen LogP contribution in [-0.4, -0.2) is 20.3 Å². The minimum absolute atomic E-state index is 1.23. The fraction of sp³-hybridized carbons (Fsp3) is 0.800. The van der Waals surface area contributed by atoms with Crippen molar-refractivity contribution in [2.75, 3.05) is 0 Å². The second kappa shape index (κ2) is 2.76. The average molecular weight is 205 g/mol. The second-order valence-electron chi connectivity index (χ2n) is 2.20. The first-order valence-corrected chi connectivity index (χ1v) is 3.63. The molecule has 1 N–H and O–H groups in total. The maximum absolute atomic E-state index is 10.4. The lowest BCUT2D eigenvalue weighted by atomic mass is 10.1. The summed E-state index contributed by atoms with van der Waals surface area (Å²) in [6.45, 7) is 2.58. The lowest BCUT2D eigenvalue weighted by Gasteiger charge is -2.26. The van der Waals surface area contributed by atoms with Gasteiger partial charge in [-0.2, -0.15) is 0 Å². The molecule has 0 saturated carbocycles. The predicted molar refractivity (Wildman–Crippen MR) is 42.0 cm³/mol. The topological polar surface area (TPSA) is 37.3 Å². The minimum atomic E-state index is -1.64. The van der Waals surface area contributed by atoms with E-state index in [1.54, 1.807) is 0 Å². The highest BCUT2D eigenvalue weighted by atomic mass is 35.5. The highest BCUT2D eigenvalue weighted by Crippen LogP contribution is 2.38. The maximum atomic E-state index is 10.4. The van der Waals surface area contributed by atoms with Gasteiger partial charge >= 0.3 is 5.97 Å². The number of halogens is 3. The molecule has 1 unspecified atom stereocenters. The summed E-state index contributed by atoms with van der Waals surface area (Å²) in [5, 5.41) is 8.48. The van der Waals surface area contributed by atoms with Crippen molar-refractivity contribution in [1.29, 1.82) is 0 Å². The molecule has 0 amide bonds. The maximum Gasteiger partial charge on any atom is 0.327 e. The van der Waals surface area contributed by atoms with Crippen LogP contribution in [0.1, 0.15) is 13.8 Å². The Morgan fingerprint density at radius 3 is 1.60 bits per heavy atom. The SMILES string of the molecule is CC(Cl)(Cl)C(C)(Cl)C(=O)O. The molecule has 1 atom stereocenters. The number of hydrogen-bond acceptors (Lipinski definition) is 1. The number of aliphatic carboxylic acids is 1. The fourth-order valence-corrected chi connectivity index (χ4v) is 0.349. The van der Waals surface area contributed by atoms with Gasteiger partial charge in [-0.05, 0) is 13.8 Å². The Labute approximate surface area is 74.1 Å². The third-order valence-corrected chi connectivity index (χ3v) is 2.72. The molecule has 0 radical (unpaired) electrons. The van der Waals surface area contributed by atoms with Gasteiger partial charge in [-0.25, -0.2) is 0 Å². The number of carbonyl (C=O) groups is 1. The third kappa shape index (κ3) is 1.91. The molecule has 0 aliphatic carbocycles. The molecule has 0 aromatic carbocycles. The largest absolute Gasteiger partial charge is 0.480 e. The van der Waals surface area contributed by atoms with E-state index in [1.807, 2.05) is 0 Å². The highest BCUT2D eigenvalue weighted by Gasteiger charge is 2.47. The van der Waals surface area contributed by atoms with Crippen LogP contribution in [0.5, 0.6) is 0 Å². The van der Waals surface area contributed by atoms with Gasteiger partial charge in [0.2, 0.25) is 0 Å². The number of rotatable bonds is 2. The van der Waals surface area contributed by atoms with Crippen LogP contribution < -0.4 is 0 Å². The first-order chi connectivity index (χ1) is 4.19. The Bertz CT molecular complexity index is 147. The summed E-state index contributed by atoms with van der Waals surface area (Å²) in [6.07, 6.45) is 0. The second-order valence-corrected chi connectivity index (χ2v) is 4.66. The first kappa shape index (κ1) is 10.3. The summed E-state index contributed by atoms with van der Waals surface area (Å²) in [4.78, 5) is 8.72. The zero-order valence-electron chi connectivity index (χ0n) is 5.49. The average Bonchev–Trinajstić information content (AvgIpc) is 1.62. The molecule has 0 aromatic heterocycles. The van der Waals surface area contributed by atoms with Crippen LogP contribution in [0.4, 0.5) is 0 Å². The van der Waals surface area contributed by atoms with Crippen molar-refractivity contribution < 1.29 is 9.90 Å². The first-order valence-electron chi connectivity index (χ1n) is 2.49. The predicted octanol–water partition coefficient (Wildman–Crippen LogP) is 2.26. The van der Waals surface area contributed by atoms with Gasteiger partial charge in [0.25, 0.3) is 0 Å². The Kier molecular flexibility index (Phi) is 2.85. The van der Waals surface area contributed by atoms with Gasteiger partial charge < -0.3 is 5.11 Å². The number of hydrogen-bond donors (Lipinski definition) is 1. The van der Waals surface area contributed by atoms with Gasteiger partial charge in [-0.1, -0.05) is 23.2 Å². The van der Waals surface area contributed by atoms with E-state index in [1.165, 1.54) is 13.8 Å². The van der Waals surface area contributed by atoms with E-state index >= 15 is 0 Å². The van der Waals surface area contributed by atoms with Gasteiger partial charge in [-0.3, -0.25) is 4.79 Å². The Hall–Kier alpha value is 0.340. The molecule has 0 fully saturated rings. The monoisotopic (exact) mass is 204 g/mol. The Morgan fingerprint density at radius 2 is 1.60 bits per heavy atom. The van der Waals surface area contributed by atoms with E-state index in [0.29, 0.717) is 0 Å². The van der Waals surface area contributed by atoms with Crippen molar-refractivity contribution in [2.45, 2.75) is 23.1 Å². The van der Waals surface area contributed by atoms with Crippen molar-refractivity contribution in [3.8, 4) is 0 Å². The quantitative estimate of drug-likeness (QED) is 0.702. The number of carboxylic acids is 1. The molecule has 5 heteroatoms. The molecule has 0 saturated heterocycles. The van der Waals surface area contributed by atoms with Gasteiger partial charge in [0, 0.05) is 0 Å². The molecule has 0 aliphatic heterocycles. The van der Waals surface area contributed by atoms with Crippen LogP contribution in [-0.2, 0) is 4.79 Å². The minimum Gasteiger partial charge on any atom is -0.480 e. The summed E-state index contributed by atoms with van der Waals surface area (Å²) in [7, 11) is 0. The van der Waals surface area contributed by atoms with Crippen molar-refractivity contribution in [3.05, 3.63) is 0 Å². The molecule has 0 aromatic rings. The van der Waals surface area contributed by atoms with E-state index in [0.717, 1.165) is 0 Å². The molecule has 0 rings (SSSR count). The summed E-state index contributed by atoms with van der Waals surface area (Å²) < 4.78 is -1.47. The van der Waals surface area contributed by atoms with Crippen LogP contribution in [0.15, 0.2) is 0 Å². The van der Waals surface area contributed by atoms with Crippen molar-refractivity contribution in [1.82, 2.24) is 0 Å². The smallest absolute Gasteiger partial charge is 0.327 e. The molecular weight excluding hydrogens is 198 g/mol. The summed E-state index contributed by atoms with van der Waals surface area (Å²) in [6, 6.07) is 0. The Morgan fingerprint density at radius 1 is 1.30 bits per heavy atom. The lowest BCUT2D eigenvalue weighted by Crippen LogP contribution is -2.43. The van der Waals surface area contributed by atoms with Crippen LogP contribution in [0.3, 0.4) is 0 Å². The van der Waals surface area contributed by atoms with E-state index < -0.39 is 15.2 Å². The van der Waals surface area contributed by atoms with Crippen LogP contribution in [0, 0.1) is 0 Å². The normalized spacial score (nSPS) is 18.1. The third-order valence-electron chi connectivity index (χ3n) is 1.23. The van der Waals surface area contributed by atoms with E-state index in [2.05, 4.69) is 0 Å². The molecule has 0 spiro atoms. The van der Waals surface area contributed by atoms with E-state index in [9.17, 15) is 4.79 Å². The zero-order chi connectivity index (χ0) is 8.58. The van der Waals surface area contributed by atoms with Gasteiger partial charge in [0.05, 0.1) is 0 Å². The fourth-order valence-electron chi connectivity index (χ4n) is 0.188. The standard InChI is InChI=1S/C5H7Cl3O2/c1-4(6,3(9)10)5(2,7)8/h1-2H3,(H,9,10). The van der Waals surface area contributed by atoms with E-state index in [-0.39, 0.29) is 0 Å². The Balaban J connectivity index is 4.57. The van der Waals surface area contributed by atoms with Crippen LogP contribution >= 0.6 is 34.8 Å². The molecule has 0 heterocycles. The van der Waals surface area contributed by atoms with Gasteiger partial charge in [0.15, 0.2) is 4.87 Å². The van der Waals surface area contributed by atoms with Gasteiger partial charge in [-0.15, -0.1) is 11.6 Å². The van der Waals surface area contributed by atoms with E-state index in [4.69, 9.17) is 39.9 Å². The molecule has 10 heavy (non-hydrogen) atoms.